The first-order valence-corrected chi connectivity index (χ1v) is 34.0. The van der Waals surface area contributed by atoms with E-state index in [1.807, 2.05) is 39.5 Å². The van der Waals surface area contributed by atoms with Gasteiger partial charge < -0.3 is 72.5 Å². The number of hydrogen-bond acceptors (Lipinski definition) is 25. The van der Waals surface area contributed by atoms with Crippen LogP contribution in [0.1, 0.15) is 99.8 Å². The lowest BCUT2D eigenvalue weighted by atomic mass is 9.85. The Labute approximate surface area is 582 Å². The molecule has 6 aromatic rings. The lowest BCUT2D eigenvalue weighted by Gasteiger charge is -2.35. The number of benzene rings is 2. The van der Waals surface area contributed by atoms with E-state index in [4.69, 9.17) is 65.5 Å². The minimum absolute atomic E-state index is 0.0330. The smallest absolute Gasteiger partial charge is 0.308 e. The van der Waals surface area contributed by atoms with Gasteiger partial charge in [0.05, 0.1) is 76.4 Å². The van der Waals surface area contributed by atoms with E-state index in [9.17, 15) is 38.2 Å². The number of piperidine rings is 4. The quantitative estimate of drug-likeness (QED) is 0.0330. The van der Waals surface area contributed by atoms with Gasteiger partial charge in [-0.05, 0) is 167 Å². The number of nitrogens with one attached hydrogen (secondary N) is 1. The highest BCUT2D eigenvalue weighted by atomic mass is 79.9. The fourth-order valence-electron chi connectivity index (χ4n) is 11.8. The summed E-state index contributed by atoms with van der Waals surface area (Å²) < 4.78 is 43.2. The van der Waals surface area contributed by atoms with E-state index in [-0.39, 0.29) is 76.2 Å². The Bertz CT molecular complexity index is 3570. The third kappa shape index (κ3) is 22.1. The number of nitrogens with zero attached hydrogens (tertiary/aromatic N) is 11. The number of phenolic OH excluding ortho intramolecular Hbond substituents is 2. The summed E-state index contributed by atoms with van der Waals surface area (Å²) in [6, 6.07) is 15.2. The number of phenols is 2. The van der Waals surface area contributed by atoms with Gasteiger partial charge in [0.15, 0.2) is 56.7 Å². The number of carboxylic acids is 1. The molecule has 12 N–H and O–H groups in total. The molecule has 0 aliphatic carbocycles. The minimum atomic E-state index is -0.780. The molecule has 0 saturated carbocycles. The molecule has 0 amide bonds. The highest BCUT2D eigenvalue weighted by molar-refractivity contribution is 9.10. The average Bonchev–Trinajstić information content (AvgIpc) is 0.818. The van der Waals surface area contributed by atoms with Gasteiger partial charge in [0.2, 0.25) is 0 Å². The molecule has 31 heteroatoms. The van der Waals surface area contributed by atoms with Crippen molar-refractivity contribution in [1.82, 2.24) is 46.1 Å². The van der Waals surface area contributed by atoms with Crippen molar-refractivity contribution in [2.75, 3.05) is 110 Å². The van der Waals surface area contributed by atoms with Gasteiger partial charge in [0.25, 0.3) is 0 Å². The number of anilines is 7. The highest BCUT2D eigenvalue weighted by Gasteiger charge is 2.33. The van der Waals surface area contributed by atoms with E-state index in [1.54, 1.807) is 50.2 Å². The minimum Gasteiger partial charge on any atom is -0.504 e. The number of nitrogens with two attached hydrogens (primary N) is 4. The molecule has 528 valence electrons. The van der Waals surface area contributed by atoms with Crippen LogP contribution < -0.4 is 43.0 Å². The van der Waals surface area contributed by atoms with Crippen molar-refractivity contribution in [3.05, 3.63) is 87.1 Å². The Balaban J connectivity index is 0.000000200. The summed E-state index contributed by atoms with van der Waals surface area (Å²) in [4.78, 5) is 52.6. The number of aromatic hydroxyl groups is 2. The molecule has 0 bridgehead atoms. The van der Waals surface area contributed by atoms with E-state index < -0.39 is 29.1 Å². The van der Waals surface area contributed by atoms with Crippen LogP contribution in [0.5, 0.6) is 11.5 Å². The standard InChI is InChI=1S/C20H25FN4O3.C18H21FN4O3.C14H21ClN4O2.C10H19NO2.C4H3BrClN3/c1-3-28-20(27)12(2)13-7-9-25(10-8-13)17-11-16(23-24-19(17)22)14-5-4-6-15(21)18(14)26;1-10(18(25)26)11-5-7-23(8-6-11)15-9-14(21-22-17(15)20)12-3-2-4-13(19)16(12)24;1-3-21-14(20)9(2)10-4-6-19(7-5-10)11-8-12(15)17-18-13(11)16;1-3-13-10(12)8(2)9-4-6-11-7-5-9;5-2-1-3(6)8-9-4(2)7/h4-6,11-13,26H,3,7-10H2,1-2H3,(H2,22,24);2-4,9-11,24H,5-8H2,1H3,(H2,20,22)(H,25,26);8-10H,3-7H2,1-2H3,(H2,16,18);8-9,11H,3-7H2,1-2H3;1H,(H2,7,9). The Morgan fingerprint density at radius 1 is 0.515 bits per heavy atom. The van der Waals surface area contributed by atoms with Crippen molar-refractivity contribution in [2.24, 2.45) is 47.3 Å². The van der Waals surface area contributed by atoms with Crippen LogP contribution in [0.25, 0.3) is 22.5 Å². The van der Waals surface area contributed by atoms with Crippen molar-refractivity contribution in [1.29, 1.82) is 0 Å². The van der Waals surface area contributed by atoms with Crippen LogP contribution in [-0.2, 0) is 33.4 Å². The number of carbonyl (C=O) groups is 4. The molecule has 0 radical (unpaired) electrons. The molecule has 0 spiro atoms. The molecule has 97 heavy (non-hydrogen) atoms. The number of aliphatic carboxylic acids is 1. The number of aromatic nitrogens is 8. The molecule has 2 aromatic carbocycles. The molecule has 10 rings (SSSR count). The second kappa shape index (κ2) is 38.0. The van der Waals surface area contributed by atoms with E-state index in [0.29, 0.717) is 107 Å². The van der Waals surface area contributed by atoms with Crippen LogP contribution in [0.2, 0.25) is 10.3 Å². The predicted octanol–water partition coefficient (Wildman–Crippen LogP) is 10.3. The van der Waals surface area contributed by atoms with E-state index in [1.165, 1.54) is 24.3 Å². The van der Waals surface area contributed by atoms with Gasteiger partial charge in [-0.1, -0.05) is 63.0 Å². The summed E-state index contributed by atoms with van der Waals surface area (Å²) in [5.74, 6) is -1.52. The molecular weight excluding hydrogens is 1370 g/mol. The summed E-state index contributed by atoms with van der Waals surface area (Å²) in [5, 5.41) is 63.5. The molecule has 4 atom stereocenters. The van der Waals surface area contributed by atoms with Crippen molar-refractivity contribution in [3.8, 4) is 34.0 Å². The molecule has 4 unspecified atom stereocenters. The van der Waals surface area contributed by atoms with Gasteiger partial charge >= 0.3 is 23.9 Å². The SMILES string of the molecule is CC(C(=O)O)C1CCN(c2cc(-c3cccc(F)c3O)nnc2N)CC1.CCOC(=O)C(C)C1CCN(c2cc(-c3cccc(F)c3O)nnc2N)CC1.CCOC(=O)C(C)C1CCN(c2cc(Cl)nnc2N)CC1.CCOC(=O)C(C)C1CCNCC1.Nc1nnc(Cl)cc1Br. The largest absolute Gasteiger partial charge is 0.504 e. The molecule has 4 aliphatic heterocycles. The molecule has 4 aliphatic rings. The summed E-state index contributed by atoms with van der Waals surface area (Å²) in [6.45, 7) is 20.8. The normalized spacial score (nSPS) is 16.6. The monoisotopic (exact) mass is 1450 g/mol. The maximum absolute atomic E-state index is 13.7. The Kier molecular flexibility index (Phi) is 30.5. The van der Waals surface area contributed by atoms with E-state index >= 15 is 0 Å². The number of hydrogen-bond donors (Lipinski definition) is 8. The van der Waals surface area contributed by atoms with Crippen molar-refractivity contribution in [3.63, 3.8) is 0 Å². The van der Waals surface area contributed by atoms with Crippen LogP contribution in [0, 0.1) is 59.0 Å². The Morgan fingerprint density at radius 2 is 0.835 bits per heavy atom. The van der Waals surface area contributed by atoms with Crippen molar-refractivity contribution in [2.45, 2.75) is 99.8 Å². The highest BCUT2D eigenvalue weighted by Crippen LogP contribution is 2.39. The lowest BCUT2D eigenvalue weighted by Crippen LogP contribution is -2.38. The zero-order chi connectivity index (χ0) is 71.0. The number of nitrogen functional groups attached to an aromatic ring is 4. The van der Waals surface area contributed by atoms with Crippen LogP contribution >= 0.6 is 39.1 Å². The molecule has 8 heterocycles. The van der Waals surface area contributed by atoms with Gasteiger partial charge in [-0.15, -0.1) is 40.8 Å². The third-order valence-corrected chi connectivity index (χ3v) is 18.9. The van der Waals surface area contributed by atoms with Crippen LogP contribution in [-0.4, -0.2) is 152 Å². The molecule has 26 nitrogen and oxygen atoms in total. The number of para-hydroxylation sites is 2. The van der Waals surface area contributed by atoms with Gasteiger partial charge in [0.1, 0.15) is 0 Å². The van der Waals surface area contributed by atoms with Crippen LogP contribution in [0.3, 0.4) is 0 Å². The molecule has 4 aromatic heterocycles. The Morgan fingerprint density at radius 3 is 1.18 bits per heavy atom. The number of ether oxygens (including phenoxy) is 3. The Hall–Kier alpha value is -8.28. The summed E-state index contributed by atoms with van der Waals surface area (Å²) >= 11 is 14.5. The fraction of sp³-hybridized carbons (Fsp3) is 0.515. The van der Waals surface area contributed by atoms with E-state index in [0.717, 1.165) is 83.2 Å². The van der Waals surface area contributed by atoms with Crippen LogP contribution in [0.15, 0.2) is 65.1 Å². The number of esters is 3. The first-order chi connectivity index (χ1) is 46.3. The third-order valence-electron chi connectivity index (χ3n) is 17.9. The van der Waals surface area contributed by atoms with Crippen LogP contribution in [0.4, 0.5) is 49.1 Å². The molecule has 4 saturated heterocycles. The lowest BCUT2D eigenvalue weighted by molar-refractivity contribution is -0.150. The zero-order valence-corrected chi connectivity index (χ0v) is 58.7. The number of carbonyl (C=O) groups excluding carboxylic acids is 3. The van der Waals surface area contributed by atoms with Gasteiger partial charge in [-0.25, -0.2) is 8.78 Å². The summed E-state index contributed by atoms with van der Waals surface area (Å²) in [6.07, 6.45) is 7.13. The van der Waals surface area contributed by atoms with Gasteiger partial charge in [-0.3, -0.25) is 19.2 Å². The second-order valence-electron chi connectivity index (χ2n) is 23.9. The molecule has 4 fully saturated rings. The summed E-state index contributed by atoms with van der Waals surface area (Å²) in [5.41, 5.74) is 26.5. The first kappa shape index (κ1) is 77.7. The topological polar surface area (TPSA) is 386 Å². The maximum atomic E-state index is 13.7. The zero-order valence-electron chi connectivity index (χ0n) is 55.6. The first-order valence-electron chi connectivity index (χ1n) is 32.4. The second-order valence-corrected chi connectivity index (χ2v) is 25.5. The number of carboxylic acid groups (broad SMARTS) is 1. The van der Waals surface area contributed by atoms with Crippen molar-refractivity contribution >= 4 is 103 Å². The van der Waals surface area contributed by atoms with Crippen molar-refractivity contribution < 1.29 is 57.5 Å². The number of rotatable bonds is 16. The average molecular weight is 1460 g/mol. The predicted molar refractivity (Wildman–Crippen MR) is 372 cm³/mol. The number of halogens is 5. The van der Waals surface area contributed by atoms with E-state index in [2.05, 4.69) is 71.8 Å². The summed E-state index contributed by atoms with van der Waals surface area (Å²) in [7, 11) is 0. The fourth-order valence-corrected chi connectivity index (χ4v) is 12.6. The van der Waals surface area contributed by atoms with Gasteiger partial charge in [0, 0.05) is 56.5 Å². The van der Waals surface area contributed by atoms with Gasteiger partial charge in [-0.2, -0.15) is 0 Å². The maximum Gasteiger partial charge on any atom is 0.308 e. The molecular formula is C66H89BrCl2F2N16O10.